The van der Waals surface area contributed by atoms with Gasteiger partial charge in [-0.1, -0.05) is 44.2 Å². The maximum absolute atomic E-state index is 13.3. The minimum atomic E-state index is -3.26. The van der Waals surface area contributed by atoms with Crippen molar-refractivity contribution < 1.29 is 13.4 Å². The van der Waals surface area contributed by atoms with Gasteiger partial charge in [-0.3, -0.25) is 9.78 Å². The predicted octanol–water partition coefficient (Wildman–Crippen LogP) is 6.48. The summed E-state index contributed by atoms with van der Waals surface area (Å²) in [4.78, 5) is 17.8. The smallest absolute Gasteiger partial charge is 0.167 e. The van der Waals surface area contributed by atoms with E-state index in [0.717, 1.165) is 16.7 Å². The second-order valence-electron chi connectivity index (χ2n) is 8.71. The Balaban J connectivity index is 1.55. The number of nitrogens with one attached hydrogen (secondary N) is 1. The first kappa shape index (κ1) is 24.3. The standard InChI is InChI=1S/C28H26FN3O2S/c1-18(2)23-14-26(17-32-16-23)35(31,34)25-10-5-20(6-11-25)28(33)15-22-13-21(7-12-27(22)30)19-3-8-24(29)9-4-19/h3-14,16-18,31H,15,30H2,1-2H3. The van der Waals surface area contributed by atoms with Crippen LogP contribution < -0.4 is 5.73 Å². The molecule has 4 rings (SSSR count). The molecule has 1 heterocycles. The fraction of sp³-hybridized carbons (Fsp3) is 0.143. The highest BCUT2D eigenvalue weighted by Crippen LogP contribution is 2.27. The maximum Gasteiger partial charge on any atom is 0.167 e. The molecule has 4 aromatic rings. The number of hydrogen-bond acceptors (Lipinski definition) is 5. The van der Waals surface area contributed by atoms with Gasteiger partial charge in [0, 0.05) is 30.1 Å². The SMILES string of the molecule is CC(C)c1cncc(S(=N)(=O)c2ccc(C(=O)Cc3cc(-c4ccc(F)cc4)ccc3N)cc2)c1. The quantitative estimate of drug-likeness (QED) is 0.230. The van der Waals surface area contributed by atoms with E-state index in [1.165, 1.54) is 18.3 Å². The molecule has 178 valence electrons. The van der Waals surface area contributed by atoms with E-state index in [4.69, 9.17) is 10.5 Å². The van der Waals surface area contributed by atoms with Gasteiger partial charge in [0.25, 0.3) is 0 Å². The average Bonchev–Trinajstić information content (AvgIpc) is 2.86. The Morgan fingerprint density at radius 2 is 1.60 bits per heavy atom. The van der Waals surface area contributed by atoms with Crippen LogP contribution in [0.4, 0.5) is 10.1 Å². The van der Waals surface area contributed by atoms with Crippen LogP contribution in [0.2, 0.25) is 0 Å². The molecule has 0 aliphatic carbocycles. The fourth-order valence-electron chi connectivity index (χ4n) is 3.73. The Morgan fingerprint density at radius 3 is 2.26 bits per heavy atom. The number of aromatic nitrogens is 1. The van der Waals surface area contributed by atoms with Crippen LogP contribution in [0, 0.1) is 10.6 Å². The van der Waals surface area contributed by atoms with Gasteiger partial charge in [-0.25, -0.2) is 13.4 Å². The van der Waals surface area contributed by atoms with E-state index in [9.17, 15) is 13.4 Å². The molecule has 0 radical (unpaired) electrons. The largest absolute Gasteiger partial charge is 0.398 e. The van der Waals surface area contributed by atoms with Crippen molar-refractivity contribution in [2.24, 2.45) is 0 Å². The summed E-state index contributed by atoms with van der Waals surface area (Å²) in [6, 6.07) is 19.6. The monoisotopic (exact) mass is 487 g/mol. The second-order valence-corrected chi connectivity index (χ2v) is 10.8. The molecule has 0 bridgehead atoms. The zero-order valence-electron chi connectivity index (χ0n) is 19.5. The first-order chi connectivity index (χ1) is 16.6. The van der Waals surface area contributed by atoms with E-state index < -0.39 is 9.73 Å². The van der Waals surface area contributed by atoms with E-state index in [2.05, 4.69) is 4.98 Å². The number of hydrogen-bond donors (Lipinski definition) is 2. The topological polar surface area (TPSA) is 96.9 Å². The summed E-state index contributed by atoms with van der Waals surface area (Å²) in [7, 11) is -3.26. The van der Waals surface area contributed by atoms with Crippen molar-refractivity contribution in [1.29, 1.82) is 4.78 Å². The van der Waals surface area contributed by atoms with Crippen LogP contribution in [0.5, 0.6) is 0 Å². The lowest BCUT2D eigenvalue weighted by Crippen LogP contribution is -2.07. The van der Waals surface area contributed by atoms with Gasteiger partial charge in [0.05, 0.1) is 9.79 Å². The highest BCUT2D eigenvalue weighted by Gasteiger charge is 2.17. The molecule has 0 aliphatic heterocycles. The molecular weight excluding hydrogens is 461 g/mol. The van der Waals surface area contributed by atoms with Crippen molar-refractivity contribution in [2.45, 2.75) is 36.0 Å². The molecule has 0 saturated heterocycles. The van der Waals surface area contributed by atoms with Crippen LogP contribution >= 0.6 is 0 Å². The number of rotatable bonds is 7. The van der Waals surface area contributed by atoms with Crippen LogP contribution in [0.15, 0.2) is 95.0 Å². The summed E-state index contributed by atoms with van der Waals surface area (Å²) >= 11 is 0. The maximum atomic E-state index is 13.3. The van der Waals surface area contributed by atoms with Crippen LogP contribution in [-0.4, -0.2) is 15.0 Å². The molecule has 3 aromatic carbocycles. The van der Waals surface area contributed by atoms with E-state index in [1.54, 1.807) is 54.7 Å². The van der Waals surface area contributed by atoms with Gasteiger partial charge >= 0.3 is 0 Å². The van der Waals surface area contributed by atoms with E-state index in [-0.39, 0.29) is 23.9 Å². The minimum Gasteiger partial charge on any atom is -0.398 e. The third kappa shape index (κ3) is 5.30. The summed E-state index contributed by atoms with van der Waals surface area (Å²) in [6.45, 7) is 4.02. The van der Waals surface area contributed by atoms with Gasteiger partial charge in [0.15, 0.2) is 5.78 Å². The molecule has 0 aliphatic rings. The molecule has 5 nitrogen and oxygen atoms in total. The number of halogens is 1. The van der Waals surface area contributed by atoms with Gasteiger partial charge in [-0.15, -0.1) is 0 Å². The molecule has 0 amide bonds. The van der Waals surface area contributed by atoms with Gasteiger partial charge in [-0.2, -0.15) is 0 Å². The van der Waals surface area contributed by atoms with Gasteiger partial charge in [0.1, 0.15) is 15.5 Å². The zero-order chi connectivity index (χ0) is 25.2. The van der Waals surface area contributed by atoms with Crippen molar-refractivity contribution >= 4 is 21.2 Å². The number of nitrogens with zero attached hydrogens (tertiary/aromatic N) is 1. The molecule has 3 N–H and O–H groups in total. The molecule has 0 spiro atoms. The molecule has 0 saturated carbocycles. The number of benzene rings is 3. The predicted molar refractivity (Wildman–Crippen MR) is 136 cm³/mol. The fourth-order valence-corrected chi connectivity index (χ4v) is 5.04. The molecule has 1 atom stereocenters. The van der Waals surface area contributed by atoms with Gasteiger partial charge in [0.2, 0.25) is 0 Å². The van der Waals surface area contributed by atoms with Crippen LogP contribution in [0.25, 0.3) is 11.1 Å². The van der Waals surface area contributed by atoms with E-state index in [0.29, 0.717) is 26.6 Å². The molecule has 1 aromatic heterocycles. The molecule has 7 heteroatoms. The summed E-state index contributed by atoms with van der Waals surface area (Å²) in [5.74, 6) is -0.269. The molecule has 35 heavy (non-hydrogen) atoms. The lowest BCUT2D eigenvalue weighted by Gasteiger charge is -2.12. The van der Waals surface area contributed by atoms with E-state index >= 15 is 0 Å². The Kier molecular flexibility index (Phi) is 6.80. The number of pyridine rings is 1. The third-order valence-electron chi connectivity index (χ3n) is 5.91. The summed E-state index contributed by atoms with van der Waals surface area (Å²) in [6.07, 6.45) is 3.25. The normalized spacial score (nSPS) is 12.9. The number of carbonyl (C=O) groups excluding carboxylic acids is 1. The van der Waals surface area contributed by atoms with Crippen LogP contribution in [0.1, 0.15) is 41.3 Å². The first-order valence-corrected chi connectivity index (χ1v) is 12.7. The Morgan fingerprint density at radius 1 is 0.943 bits per heavy atom. The van der Waals surface area contributed by atoms with E-state index in [1.807, 2.05) is 26.0 Å². The summed E-state index contributed by atoms with van der Waals surface area (Å²) in [5, 5.41) is 0. The lowest BCUT2D eigenvalue weighted by molar-refractivity contribution is 0.0993. The average molecular weight is 488 g/mol. The Labute approximate surface area is 204 Å². The summed E-state index contributed by atoms with van der Waals surface area (Å²) < 4.78 is 35.0. The second kappa shape index (κ2) is 9.80. The third-order valence-corrected chi connectivity index (χ3v) is 7.74. The number of anilines is 1. The Bertz CT molecular complexity index is 1480. The van der Waals surface area contributed by atoms with Crippen molar-refractivity contribution in [3.63, 3.8) is 0 Å². The van der Waals surface area contributed by atoms with Crippen molar-refractivity contribution in [1.82, 2.24) is 4.98 Å². The first-order valence-electron chi connectivity index (χ1n) is 11.2. The highest BCUT2D eigenvalue weighted by molar-refractivity contribution is 7.92. The highest BCUT2D eigenvalue weighted by atomic mass is 32.2. The molecular formula is C28H26FN3O2S. The van der Waals surface area contributed by atoms with Crippen molar-refractivity contribution in [3.8, 4) is 11.1 Å². The zero-order valence-corrected chi connectivity index (χ0v) is 20.3. The number of nitrogen functional groups attached to an aromatic ring is 1. The number of carbonyl (C=O) groups is 1. The molecule has 0 fully saturated rings. The lowest BCUT2D eigenvalue weighted by atomic mass is 9.97. The van der Waals surface area contributed by atoms with Crippen LogP contribution in [0.3, 0.4) is 0 Å². The van der Waals surface area contributed by atoms with Gasteiger partial charge < -0.3 is 5.73 Å². The van der Waals surface area contributed by atoms with Gasteiger partial charge in [-0.05, 0) is 70.6 Å². The number of ketones is 1. The van der Waals surface area contributed by atoms with Crippen molar-refractivity contribution in [2.75, 3.05) is 5.73 Å². The number of Topliss-reactive ketones (excluding diaryl/α,β-unsaturated/α-hetero) is 1. The van der Waals surface area contributed by atoms with Crippen molar-refractivity contribution in [3.05, 3.63) is 108 Å². The summed E-state index contributed by atoms with van der Waals surface area (Å²) in [5.41, 5.74) is 10.3. The minimum absolute atomic E-state index is 0.0802. The van der Waals surface area contributed by atoms with Crippen LogP contribution in [-0.2, 0) is 16.1 Å². The Hall–Kier alpha value is -3.84. The molecule has 1 unspecified atom stereocenters. The number of nitrogens with two attached hydrogens (primary N) is 1.